The van der Waals surface area contributed by atoms with Gasteiger partial charge in [0.25, 0.3) is 5.91 Å². The number of carbonyl (C=O) groups excluding carboxylic acids is 2. The molecule has 2 amide bonds. The van der Waals surface area contributed by atoms with Crippen LogP contribution in [0, 0.1) is 12.7 Å². The molecule has 1 N–H and O–H groups in total. The van der Waals surface area contributed by atoms with Crippen molar-refractivity contribution in [3.63, 3.8) is 0 Å². The minimum atomic E-state index is -0.615. The van der Waals surface area contributed by atoms with Gasteiger partial charge < -0.3 is 19.5 Å². The summed E-state index contributed by atoms with van der Waals surface area (Å²) in [4.78, 5) is 26.8. The van der Waals surface area contributed by atoms with Crippen LogP contribution in [0.15, 0.2) is 40.9 Å². The second kappa shape index (κ2) is 8.39. The number of carbonyl (C=O) groups is 2. The van der Waals surface area contributed by atoms with Crippen LogP contribution in [-0.4, -0.2) is 30.6 Å². The van der Waals surface area contributed by atoms with Gasteiger partial charge in [-0.05, 0) is 37.6 Å². The van der Waals surface area contributed by atoms with Crippen LogP contribution in [0.5, 0.6) is 5.75 Å². The van der Waals surface area contributed by atoms with E-state index in [2.05, 4.69) is 10.5 Å². The summed E-state index contributed by atoms with van der Waals surface area (Å²) in [5.74, 6) is -0.455. The molecule has 4 rings (SSSR count). The topological polar surface area (TPSA) is 84.7 Å². The molecule has 31 heavy (non-hydrogen) atoms. The quantitative estimate of drug-likeness (QED) is 0.610. The molecule has 7 nitrogen and oxygen atoms in total. The number of nitrogens with zero attached hydrogens (tertiary/aromatic N) is 2. The normalized spacial score (nSPS) is 13.5. The van der Waals surface area contributed by atoms with Crippen molar-refractivity contribution in [3.05, 3.63) is 58.6 Å². The minimum Gasteiger partial charge on any atom is -0.494 e. The zero-order chi connectivity index (χ0) is 22.1. The van der Waals surface area contributed by atoms with Gasteiger partial charge in [-0.3, -0.25) is 9.59 Å². The highest BCUT2D eigenvalue weighted by molar-refractivity contribution is 6.33. The summed E-state index contributed by atoms with van der Waals surface area (Å²) in [6, 6.07) is 9.21. The molecule has 0 saturated carbocycles. The van der Waals surface area contributed by atoms with Gasteiger partial charge in [-0.25, -0.2) is 4.39 Å². The summed E-state index contributed by atoms with van der Waals surface area (Å²) < 4.78 is 25.0. The molecule has 0 unspecified atom stereocenters. The first-order chi connectivity index (χ1) is 14.9. The molecule has 1 aromatic heterocycles. The number of benzene rings is 2. The number of aromatic nitrogens is 1. The van der Waals surface area contributed by atoms with E-state index in [-0.39, 0.29) is 33.5 Å². The molecule has 1 aliphatic rings. The third-order valence-electron chi connectivity index (χ3n) is 5.09. The SMILES string of the molecule is COc1cc(NC(=O)c2c(-c3c(F)cccc3Cl)noc2C)ccc1N1CCCC1=O. The van der Waals surface area contributed by atoms with Crippen LogP contribution >= 0.6 is 11.6 Å². The summed E-state index contributed by atoms with van der Waals surface area (Å²) in [5, 5.41) is 6.71. The van der Waals surface area contributed by atoms with Crippen LogP contribution in [-0.2, 0) is 4.79 Å². The number of amides is 2. The molecule has 1 aliphatic heterocycles. The number of ether oxygens (including phenoxy) is 1. The number of halogens is 2. The van der Waals surface area contributed by atoms with Gasteiger partial charge in [0.1, 0.15) is 28.6 Å². The van der Waals surface area contributed by atoms with Gasteiger partial charge in [-0.2, -0.15) is 0 Å². The molecule has 160 valence electrons. The summed E-state index contributed by atoms with van der Waals surface area (Å²) in [6.07, 6.45) is 1.28. The van der Waals surface area contributed by atoms with Crippen LogP contribution < -0.4 is 15.0 Å². The maximum Gasteiger partial charge on any atom is 0.261 e. The monoisotopic (exact) mass is 443 g/mol. The Morgan fingerprint density at radius 3 is 2.81 bits per heavy atom. The van der Waals surface area contributed by atoms with E-state index in [1.54, 1.807) is 30.0 Å². The first kappa shape index (κ1) is 20.9. The lowest BCUT2D eigenvalue weighted by atomic mass is 10.0. The smallest absolute Gasteiger partial charge is 0.261 e. The molecule has 0 bridgehead atoms. The number of anilines is 2. The van der Waals surface area contributed by atoms with E-state index in [0.717, 1.165) is 6.42 Å². The van der Waals surface area contributed by atoms with Gasteiger partial charge in [0.2, 0.25) is 5.91 Å². The summed E-state index contributed by atoms with van der Waals surface area (Å²) in [7, 11) is 1.49. The molecular formula is C22H19ClFN3O4. The largest absolute Gasteiger partial charge is 0.494 e. The van der Waals surface area contributed by atoms with Crippen LogP contribution in [0.1, 0.15) is 29.0 Å². The fourth-order valence-corrected chi connectivity index (χ4v) is 3.86. The summed E-state index contributed by atoms with van der Waals surface area (Å²) in [6.45, 7) is 2.18. The van der Waals surface area contributed by atoms with Crippen molar-refractivity contribution in [2.24, 2.45) is 0 Å². The zero-order valence-corrected chi connectivity index (χ0v) is 17.6. The van der Waals surface area contributed by atoms with Crippen LogP contribution in [0.4, 0.5) is 15.8 Å². The molecule has 1 saturated heterocycles. The molecule has 3 aromatic rings. The van der Waals surface area contributed by atoms with Crippen molar-refractivity contribution in [2.75, 3.05) is 23.9 Å². The number of rotatable bonds is 5. The number of methoxy groups -OCH3 is 1. The minimum absolute atomic E-state index is 0.00774. The van der Waals surface area contributed by atoms with Crippen LogP contribution in [0.25, 0.3) is 11.3 Å². The third-order valence-corrected chi connectivity index (χ3v) is 5.41. The van der Waals surface area contributed by atoms with E-state index in [1.165, 1.54) is 25.3 Å². The summed E-state index contributed by atoms with van der Waals surface area (Å²) >= 11 is 6.14. The Hall–Kier alpha value is -3.39. The number of hydrogen-bond acceptors (Lipinski definition) is 5. The van der Waals surface area contributed by atoms with E-state index in [1.807, 2.05) is 0 Å². The Morgan fingerprint density at radius 2 is 2.13 bits per heavy atom. The fraction of sp³-hybridized carbons (Fsp3) is 0.227. The predicted molar refractivity (Wildman–Crippen MR) is 114 cm³/mol. The van der Waals surface area contributed by atoms with Crippen LogP contribution in [0.2, 0.25) is 5.02 Å². The Kier molecular flexibility index (Phi) is 5.65. The van der Waals surface area contributed by atoms with E-state index < -0.39 is 11.7 Å². The maximum atomic E-state index is 14.4. The molecule has 0 radical (unpaired) electrons. The lowest BCUT2D eigenvalue weighted by Crippen LogP contribution is -2.24. The molecular weight excluding hydrogens is 425 g/mol. The number of nitrogens with one attached hydrogen (secondary N) is 1. The lowest BCUT2D eigenvalue weighted by Gasteiger charge is -2.19. The van der Waals surface area contributed by atoms with Crippen molar-refractivity contribution in [1.29, 1.82) is 0 Å². The van der Waals surface area contributed by atoms with E-state index >= 15 is 0 Å². The Balaban J connectivity index is 1.65. The van der Waals surface area contributed by atoms with Crippen molar-refractivity contribution in [3.8, 4) is 17.0 Å². The van der Waals surface area contributed by atoms with Gasteiger partial charge in [-0.15, -0.1) is 0 Å². The van der Waals surface area contributed by atoms with Crippen LogP contribution in [0.3, 0.4) is 0 Å². The van der Waals surface area contributed by atoms with Gasteiger partial charge in [0, 0.05) is 24.7 Å². The van der Waals surface area contributed by atoms with Gasteiger partial charge >= 0.3 is 0 Å². The van der Waals surface area contributed by atoms with E-state index in [0.29, 0.717) is 30.1 Å². The third kappa shape index (κ3) is 3.86. The van der Waals surface area contributed by atoms with Gasteiger partial charge in [0.05, 0.1) is 23.4 Å². The highest BCUT2D eigenvalue weighted by atomic mass is 35.5. The standard InChI is InChI=1S/C22H19ClFN3O4/c1-12-19(21(26-31-12)20-14(23)5-3-6-15(20)24)22(29)25-13-8-9-16(17(11-13)30-2)27-10-4-7-18(27)28/h3,5-6,8-9,11H,4,7,10H2,1-2H3,(H,25,29). The van der Waals surface area contributed by atoms with Gasteiger partial charge in [-0.1, -0.05) is 22.8 Å². The zero-order valence-electron chi connectivity index (χ0n) is 16.9. The first-order valence-corrected chi connectivity index (χ1v) is 9.99. The molecule has 0 atom stereocenters. The second-order valence-electron chi connectivity index (χ2n) is 7.05. The maximum absolute atomic E-state index is 14.4. The average molecular weight is 444 g/mol. The number of hydrogen-bond donors (Lipinski definition) is 1. The van der Waals surface area contributed by atoms with Gasteiger partial charge in [0.15, 0.2) is 0 Å². The van der Waals surface area contributed by atoms with Crippen molar-refractivity contribution >= 4 is 34.8 Å². The highest BCUT2D eigenvalue weighted by Gasteiger charge is 2.27. The van der Waals surface area contributed by atoms with Crippen molar-refractivity contribution in [2.45, 2.75) is 19.8 Å². The second-order valence-corrected chi connectivity index (χ2v) is 7.46. The number of aryl methyl sites for hydroxylation is 1. The van der Waals surface area contributed by atoms with E-state index in [4.69, 9.17) is 20.9 Å². The highest BCUT2D eigenvalue weighted by Crippen LogP contribution is 2.36. The Bertz CT molecular complexity index is 1160. The van der Waals surface area contributed by atoms with Crippen molar-refractivity contribution < 1.29 is 23.2 Å². The molecule has 2 heterocycles. The molecule has 2 aromatic carbocycles. The predicted octanol–water partition coefficient (Wildman–Crippen LogP) is 4.83. The molecule has 9 heteroatoms. The Labute approximate surface area is 182 Å². The molecule has 1 fully saturated rings. The van der Waals surface area contributed by atoms with E-state index in [9.17, 15) is 14.0 Å². The Morgan fingerprint density at radius 1 is 1.32 bits per heavy atom. The fourth-order valence-electron chi connectivity index (χ4n) is 3.61. The lowest BCUT2D eigenvalue weighted by molar-refractivity contribution is -0.117. The average Bonchev–Trinajstić information content (AvgIpc) is 3.33. The summed E-state index contributed by atoms with van der Waals surface area (Å²) in [5.41, 5.74) is 1.16. The molecule has 0 spiro atoms. The molecule has 0 aliphatic carbocycles. The first-order valence-electron chi connectivity index (χ1n) is 9.61. The van der Waals surface area contributed by atoms with Crippen molar-refractivity contribution in [1.82, 2.24) is 5.16 Å².